The number of H-pyrrole nitrogens is 1. The molecule has 2 atom stereocenters. The van der Waals surface area contributed by atoms with Crippen LogP contribution in [0.4, 0.5) is 19.0 Å². The first kappa shape index (κ1) is 18.7. The van der Waals surface area contributed by atoms with E-state index in [0.29, 0.717) is 18.7 Å². The van der Waals surface area contributed by atoms with Crippen LogP contribution in [-0.4, -0.2) is 57.3 Å². The second kappa shape index (κ2) is 6.89. The van der Waals surface area contributed by atoms with Crippen molar-refractivity contribution in [1.82, 2.24) is 19.9 Å². The molecule has 2 saturated heterocycles. The van der Waals surface area contributed by atoms with Crippen LogP contribution < -0.4 is 9.64 Å². The smallest absolute Gasteiger partial charge is 0.406 e. The highest BCUT2D eigenvalue weighted by Crippen LogP contribution is 2.35. The number of nitrogens with one attached hydrogen (secondary N) is 1. The average Bonchev–Trinajstić information content (AvgIpc) is 3.28. The number of alkyl halides is 3. The van der Waals surface area contributed by atoms with Crippen molar-refractivity contribution in [1.29, 1.82) is 0 Å². The summed E-state index contributed by atoms with van der Waals surface area (Å²) in [6, 6.07) is 7.07. The number of ether oxygens (including phenoxy) is 1. The summed E-state index contributed by atoms with van der Waals surface area (Å²) in [5, 5.41) is 0.942. The number of nitrogens with zero attached hydrogens (tertiary/aromatic N) is 4. The van der Waals surface area contributed by atoms with E-state index in [0.717, 1.165) is 29.7 Å². The Morgan fingerprint density at radius 1 is 1.07 bits per heavy atom. The minimum Gasteiger partial charge on any atom is -0.406 e. The van der Waals surface area contributed by atoms with Crippen molar-refractivity contribution in [3.63, 3.8) is 0 Å². The quantitative estimate of drug-likeness (QED) is 0.708. The highest BCUT2D eigenvalue weighted by molar-refractivity contribution is 5.95. The van der Waals surface area contributed by atoms with Crippen molar-refractivity contribution in [2.45, 2.75) is 31.3 Å². The summed E-state index contributed by atoms with van der Waals surface area (Å²) in [6.07, 6.45) is 0.349. The Bertz CT molecular complexity index is 1070. The van der Waals surface area contributed by atoms with Gasteiger partial charge in [-0.3, -0.25) is 4.79 Å². The first-order valence-corrected chi connectivity index (χ1v) is 9.60. The molecule has 0 spiro atoms. The molecule has 0 aliphatic carbocycles. The standard InChI is InChI=1S/C20H18F3N5O2/c21-20(22,23)30-15-5-1-12(2-6-15)19(29)28-13-3-4-14(28)10-27(9-13)18-16-7-8-24-17(16)25-11-26-18/h1-2,5-8,11,13-14H,3-4,9-10H2,(H,24,25,26). The Kier molecular flexibility index (Phi) is 4.30. The number of carbonyl (C=O) groups excluding carboxylic acids is 1. The summed E-state index contributed by atoms with van der Waals surface area (Å²) in [6.45, 7) is 1.30. The summed E-state index contributed by atoms with van der Waals surface area (Å²) in [4.78, 5) is 28.9. The number of fused-ring (bicyclic) bond motifs is 3. The molecule has 4 heterocycles. The van der Waals surface area contributed by atoms with Gasteiger partial charge in [-0.25, -0.2) is 9.97 Å². The number of amides is 1. The van der Waals surface area contributed by atoms with Gasteiger partial charge in [0.1, 0.15) is 23.5 Å². The highest BCUT2D eigenvalue weighted by atomic mass is 19.4. The lowest BCUT2D eigenvalue weighted by Crippen LogP contribution is -2.56. The number of benzene rings is 1. The van der Waals surface area contributed by atoms with Gasteiger partial charge in [-0.1, -0.05) is 0 Å². The first-order chi connectivity index (χ1) is 14.4. The second-order valence-corrected chi connectivity index (χ2v) is 7.51. The molecular weight excluding hydrogens is 399 g/mol. The fourth-order valence-corrected chi connectivity index (χ4v) is 4.47. The molecule has 0 radical (unpaired) electrons. The van der Waals surface area contributed by atoms with Crippen molar-refractivity contribution in [3.05, 3.63) is 48.4 Å². The number of aromatic nitrogens is 3. The maximum Gasteiger partial charge on any atom is 0.573 e. The van der Waals surface area contributed by atoms with E-state index in [1.165, 1.54) is 30.6 Å². The lowest BCUT2D eigenvalue weighted by Gasteiger charge is -2.41. The van der Waals surface area contributed by atoms with Crippen molar-refractivity contribution in [2.75, 3.05) is 18.0 Å². The van der Waals surface area contributed by atoms with E-state index in [1.54, 1.807) is 0 Å². The molecule has 30 heavy (non-hydrogen) atoms. The molecular formula is C20H18F3N5O2. The Morgan fingerprint density at radius 2 is 1.77 bits per heavy atom. The van der Waals surface area contributed by atoms with Gasteiger partial charge in [0.15, 0.2) is 0 Å². The van der Waals surface area contributed by atoms with Gasteiger partial charge < -0.3 is 19.5 Å². The maximum absolute atomic E-state index is 13.1. The van der Waals surface area contributed by atoms with Gasteiger partial charge in [-0.15, -0.1) is 13.2 Å². The van der Waals surface area contributed by atoms with E-state index in [4.69, 9.17) is 0 Å². The summed E-state index contributed by atoms with van der Waals surface area (Å²) in [5.41, 5.74) is 1.12. The van der Waals surface area contributed by atoms with Crippen LogP contribution in [0.3, 0.4) is 0 Å². The number of aromatic amines is 1. The Balaban J connectivity index is 1.34. The molecule has 1 amide bonds. The third-order valence-electron chi connectivity index (χ3n) is 5.68. The van der Waals surface area contributed by atoms with Gasteiger partial charge in [-0.05, 0) is 43.2 Å². The topological polar surface area (TPSA) is 74.3 Å². The minimum atomic E-state index is -4.76. The van der Waals surface area contributed by atoms with Gasteiger partial charge in [0.05, 0.1) is 17.5 Å². The predicted octanol–water partition coefficient (Wildman–Crippen LogP) is 3.35. The largest absolute Gasteiger partial charge is 0.573 e. The number of hydrogen-bond acceptors (Lipinski definition) is 5. The molecule has 156 valence electrons. The van der Waals surface area contributed by atoms with Crippen LogP contribution in [0.2, 0.25) is 0 Å². The molecule has 2 unspecified atom stereocenters. The number of carbonyl (C=O) groups is 1. The van der Waals surface area contributed by atoms with Crippen molar-refractivity contribution < 1.29 is 22.7 Å². The molecule has 2 aliphatic rings. The fourth-order valence-electron chi connectivity index (χ4n) is 4.47. The summed E-state index contributed by atoms with van der Waals surface area (Å²) < 4.78 is 40.9. The molecule has 2 bridgehead atoms. The van der Waals surface area contributed by atoms with E-state index in [-0.39, 0.29) is 23.7 Å². The van der Waals surface area contributed by atoms with Crippen LogP contribution in [0.25, 0.3) is 11.0 Å². The maximum atomic E-state index is 13.1. The number of rotatable bonds is 3. The van der Waals surface area contributed by atoms with Gasteiger partial charge in [0.25, 0.3) is 5.91 Å². The zero-order valence-electron chi connectivity index (χ0n) is 15.8. The molecule has 2 aliphatic heterocycles. The Hall–Kier alpha value is -3.30. The van der Waals surface area contributed by atoms with E-state index >= 15 is 0 Å². The van der Waals surface area contributed by atoms with Gasteiger partial charge in [-0.2, -0.15) is 0 Å². The molecule has 10 heteroatoms. The molecule has 2 fully saturated rings. The average molecular weight is 417 g/mol. The molecule has 2 aromatic heterocycles. The van der Waals surface area contributed by atoms with Crippen LogP contribution in [0.1, 0.15) is 23.2 Å². The summed E-state index contributed by atoms with van der Waals surface area (Å²) >= 11 is 0. The minimum absolute atomic E-state index is 0.0197. The van der Waals surface area contributed by atoms with E-state index in [2.05, 4.69) is 24.6 Å². The second-order valence-electron chi connectivity index (χ2n) is 7.51. The Morgan fingerprint density at radius 3 is 2.43 bits per heavy atom. The van der Waals surface area contributed by atoms with Crippen LogP contribution >= 0.6 is 0 Å². The fraction of sp³-hybridized carbons (Fsp3) is 0.350. The zero-order valence-corrected chi connectivity index (χ0v) is 15.8. The molecule has 1 aromatic carbocycles. The van der Waals surface area contributed by atoms with Gasteiger partial charge in [0.2, 0.25) is 0 Å². The van der Waals surface area contributed by atoms with Crippen molar-refractivity contribution in [2.24, 2.45) is 0 Å². The van der Waals surface area contributed by atoms with E-state index < -0.39 is 6.36 Å². The number of anilines is 1. The molecule has 0 saturated carbocycles. The Labute approximate surface area is 169 Å². The van der Waals surface area contributed by atoms with Crippen LogP contribution in [-0.2, 0) is 0 Å². The third kappa shape index (κ3) is 3.31. The number of hydrogen-bond donors (Lipinski definition) is 1. The summed E-state index contributed by atoms with van der Waals surface area (Å²) in [7, 11) is 0. The third-order valence-corrected chi connectivity index (χ3v) is 5.68. The van der Waals surface area contributed by atoms with Gasteiger partial charge >= 0.3 is 6.36 Å². The van der Waals surface area contributed by atoms with Crippen LogP contribution in [0, 0.1) is 0 Å². The molecule has 1 N–H and O–H groups in total. The van der Waals surface area contributed by atoms with Crippen molar-refractivity contribution in [3.8, 4) is 5.75 Å². The number of piperazine rings is 1. The summed E-state index contributed by atoms with van der Waals surface area (Å²) in [5.74, 6) is 0.334. The SMILES string of the molecule is O=C(c1ccc(OC(F)(F)F)cc1)N1C2CCC1CN(c1ncnc3[nH]ccc13)C2. The number of halogens is 3. The predicted molar refractivity (Wildman–Crippen MR) is 102 cm³/mol. The molecule has 5 rings (SSSR count). The molecule has 7 nitrogen and oxygen atoms in total. The van der Waals surface area contributed by atoms with E-state index in [9.17, 15) is 18.0 Å². The van der Waals surface area contributed by atoms with Crippen LogP contribution in [0.15, 0.2) is 42.9 Å². The van der Waals surface area contributed by atoms with E-state index in [1.807, 2.05) is 17.2 Å². The van der Waals surface area contributed by atoms with Crippen molar-refractivity contribution >= 4 is 22.8 Å². The normalized spacial score (nSPS) is 21.3. The monoisotopic (exact) mass is 417 g/mol. The molecule has 3 aromatic rings. The highest BCUT2D eigenvalue weighted by Gasteiger charge is 2.43. The lowest BCUT2D eigenvalue weighted by molar-refractivity contribution is -0.274. The zero-order chi connectivity index (χ0) is 20.9. The van der Waals surface area contributed by atoms with Gasteiger partial charge in [0, 0.05) is 24.8 Å². The van der Waals surface area contributed by atoms with Crippen LogP contribution in [0.5, 0.6) is 5.75 Å². The first-order valence-electron chi connectivity index (χ1n) is 9.60. The lowest BCUT2D eigenvalue weighted by atomic mass is 10.1.